The third-order valence-electron chi connectivity index (χ3n) is 13.9. The molecule has 6 aliphatic rings. The lowest BCUT2D eigenvalue weighted by atomic mass is 9.64. The number of benzene rings is 2. The van der Waals surface area contributed by atoms with Crippen LogP contribution in [-0.2, 0) is 31.3 Å². The number of hydrogen-bond acceptors (Lipinski definition) is 9. The van der Waals surface area contributed by atoms with Gasteiger partial charge in [-0.25, -0.2) is 13.1 Å². The number of hydrogen-bond donors (Lipinski definition) is 1. The monoisotopic (exact) mass is 768 g/mol. The van der Waals surface area contributed by atoms with E-state index in [-0.39, 0.29) is 29.6 Å². The van der Waals surface area contributed by atoms with E-state index in [1.807, 2.05) is 25.1 Å². The highest BCUT2D eigenvalue weighted by Crippen LogP contribution is 2.49. The zero-order valence-corrected chi connectivity index (χ0v) is 33.3. The van der Waals surface area contributed by atoms with Gasteiger partial charge < -0.3 is 24.0 Å². The van der Waals surface area contributed by atoms with Crippen molar-refractivity contribution >= 4 is 33.2 Å². The summed E-state index contributed by atoms with van der Waals surface area (Å²) in [5.41, 5.74) is 3.49. The number of nitrogens with one attached hydrogen (secondary N) is 1. The summed E-state index contributed by atoms with van der Waals surface area (Å²) in [6.07, 6.45) is 7.51. The summed E-state index contributed by atoms with van der Waals surface area (Å²) < 4.78 is 49.5. The van der Waals surface area contributed by atoms with Gasteiger partial charge in [-0.2, -0.15) is 0 Å². The maximum absolute atomic E-state index is 13.6. The van der Waals surface area contributed by atoms with Crippen molar-refractivity contribution in [1.29, 1.82) is 0 Å². The molecule has 4 heterocycles. The van der Waals surface area contributed by atoms with E-state index < -0.39 is 21.2 Å². The molecule has 3 fully saturated rings. The molecular formula is C41H57ClN4O6S. The minimum absolute atomic E-state index is 0.125. The first kappa shape index (κ1) is 37.5. The highest BCUT2D eigenvalue weighted by Gasteiger charge is 2.47. The van der Waals surface area contributed by atoms with E-state index in [2.05, 4.69) is 45.6 Å². The van der Waals surface area contributed by atoms with Crippen LogP contribution < -0.4 is 14.4 Å². The van der Waals surface area contributed by atoms with Gasteiger partial charge in [-0.15, -0.1) is 0 Å². The molecule has 1 spiro atoms. The van der Waals surface area contributed by atoms with Crippen LogP contribution >= 0.6 is 11.6 Å². The summed E-state index contributed by atoms with van der Waals surface area (Å²) in [6, 6.07) is 12.5. The van der Waals surface area contributed by atoms with Crippen molar-refractivity contribution in [2.45, 2.75) is 94.3 Å². The summed E-state index contributed by atoms with van der Waals surface area (Å²) in [4.78, 5) is 20.8. The van der Waals surface area contributed by atoms with Gasteiger partial charge in [-0.1, -0.05) is 31.0 Å². The molecule has 1 saturated carbocycles. The van der Waals surface area contributed by atoms with Crippen LogP contribution in [0.25, 0.3) is 0 Å². The fourth-order valence-electron chi connectivity index (χ4n) is 10.1. The van der Waals surface area contributed by atoms with Gasteiger partial charge in [0.05, 0.1) is 36.8 Å². The number of carbonyl (C=O) groups is 1. The van der Waals surface area contributed by atoms with E-state index >= 15 is 0 Å². The standard InChI is InChI=1S/C41H57ClN4O6S/c1-26-7-5-9-35(40-50-22-33(23-51-40)45-20-32(21-45)44(3)4)34-13-10-30(34)19-46-24-41(16-6-8-28-17-31(42)12-14-36(28)41)25-52-38-15-11-29(18-37(38)46)39(47)43-53(48,49)27(26)2/h11-12,14-15,17-18,26-27,30,32-35,40H,5-10,13,16,19-25H2,1-4H3,(H,43,47)/t26-,27+,30-,33-,34+,35+,40-,41-/m0/s1. The molecule has 53 heavy (non-hydrogen) atoms. The number of sulfonamides is 1. The van der Waals surface area contributed by atoms with Crippen molar-refractivity contribution in [3.8, 4) is 5.75 Å². The molecule has 2 aromatic carbocycles. The number of aryl methyl sites for hydroxylation is 1. The Morgan fingerprint density at radius 1 is 0.943 bits per heavy atom. The number of anilines is 1. The second kappa shape index (κ2) is 14.9. The van der Waals surface area contributed by atoms with E-state index in [9.17, 15) is 13.2 Å². The first-order chi connectivity index (χ1) is 25.4. The SMILES string of the molecule is C[C@@H]1[C@@H](C)CCC[C@@H]([C@H]2OC[C@H](N3CC(N(C)C)C3)CO2)[C@@H]2CC[C@H]2CN2C[C@@]3(CCCc4cc(Cl)ccc43)COc3ccc(cc32)C(=O)NS1(=O)=O. The lowest BCUT2D eigenvalue weighted by Gasteiger charge is -2.51. The van der Waals surface area contributed by atoms with E-state index in [1.165, 1.54) is 11.1 Å². The normalized spacial score (nSPS) is 35.2. The number of rotatable bonds is 3. The highest BCUT2D eigenvalue weighted by atomic mass is 35.5. The Kier molecular flexibility index (Phi) is 10.6. The van der Waals surface area contributed by atoms with Gasteiger partial charge in [0.2, 0.25) is 10.0 Å². The number of likely N-dealkylation sites (N-methyl/N-ethyl adjacent to an activating group) is 1. The topological polar surface area (TPSA) is 101 Å². The summed E-state index contributed by atoms with van der Waals surface area (Å²) in [6.45, 7) is 9.22. The van der Waals surface area contributed by atoms with E-state index in [4.69, 9.17) is 25.8 Å². The van der Waals surface area contributed by atoms with E-state index in [0.717, 1.165) is 94.0 Å². The van der Waals surface area contributed by atoms with Crippen LogP contribution in [-0.4, -0.2) is 108 Å². The molecule has 10 nitrogen and oxygen atoms in total. The van der Waals surface area contributed by atoms with Gasteiger partial charge in [-0.3, -0.25) is 9.69 Å². The van der Waals surface area contributed by atoms with Crippen LogP contribution in [0, 0.1) is 23.7 Å². The van der Waals surface area contributed by atoms with Crippen LogP contribution in [0.3, 0.4) is 0 Å². The third-order valence-corrected chi connectivity index (χ3v) is 16.0. The molecule has 8 rings (SSSR count). The highest BCUT2D eigenvalue weighted by molar-refractivity contribution is 7.90. The third kappa shape index (κ3) is 7.35. The quantitative estimate of drug-likeness (QED) is 0.421. The lowest BCUT2D eigenvalue weighted by molar-refractivity contribution is -0.248. The van der Waals surface area contributed by atoms with Gasteiger partial charge in [0.1, 0.15) is 5.75 Å². The number of halogens is 1. The van der Waals surface area contributed by atoms with Crippen molar-refractivity contribution in [2.24, 2.45) is 23.7 Å². The maximum atomic E-state index is 13.6. The fourth-order valence-corrected chi connectivity index (χ4v) is 11.6. The minimum Gasteiger partial charge on any atom is -0.490 e. The summed E-state index contributed by atoms with van der Waals surface area (Å²) >= 11 is 6.50. The fraction of sp³-hybridized carbons (Fsp3) is 0.683. The Morgan fingerprint density at radius 3 is 2.47 bits per heavy atom. The average molecular weight is 769 g/mol. The van der Waals surface area contributed by atoms with Crippen LogP contribution in [0.15, 0.2) is 36.4 Å². The van der Waals surface area contributed by atoms with Crippen LogP contribution in [0.2, 0.25) is 5.02 Å². The molecule has 2 aromatic rings. The predicted molar refractivity (Wildman–Crippen MR) is 207 cm³/mol. The molecule has 12 heteroatoms. The summed E-state index contributed by atoms with van der Waals surface area (Å²) in [7, 11) is 0.375. The second-order valence-corrected chi connectivity index (χ2v) is 19.8. The molecular weight excluding hydrogens is 712 g/mol. The van der Waals surface area contributed by atoms with Gasteiger partial charge in [0.15, 0.2) is 6.29 Å². The largest absolute Gasteiger partial charge is 0.490 e. The number of nitrogens with zero attached hydrogens (tertiary/aromatic N) is 3. The van der Waals surface area contributed by atoms with Gasteiger partial charge in [0.25, 0.3) is 5.91 Å². The van der Waals surface area contributed by atoms with Crippen LogP contribution in [0.5, 0.6) is 5.75 Å². The number of fused-ring (bicyclic) bond motifs is 4. The Balaban J connectivity index is 1.11. The van der Waals surface area contributed by atoms with Crippen molar-refractivity contribution in [1.82, 2.24) is 14.5 Å². The Labute approximate surface area is 320 Å². The Bertz CT molecular complexity index is 1780. The van der Waals surface area contributed by atoms with Crippen molar-refractivity contribution < 1.29 is 27.4 Å². The summed E-state index contributed by atoms with van der Waals surface area (Å²) in [5, 5.41) is 0.0301. The lowest BCUT2D eigenvalue weighted by Crippen LogP contribution is -2.64. The van der Waals surface area contributed by atoms with Crippen LogP contribution in [0.4, 0.5) is 5.69 Å². The predicted octanol–water partition coefficient (Wildman–Crippen LogP) is 5.71. The summed E-state index contributed by atoms with van der Waals surface area (Å²) in [5.74, 6) is 1.05. The Hall–Kier alpha value is -2.41. The zero-order chi connectivity index (χ0) is 37.1. The van der Waals surface area contributed by atoms with Crippen molar-refractivity contribution in [2.75, 3.05) is 65.0 Å². The van der Waals surface area contributed by atoms with Crippen LogP contribution in [0.1, 0.15) is 80.3 Å². The van der Waals surface area contributed by atoms with Gasteiger partial charge >= 0.3 is 0 Å². The smallest absolute Gasteiger partial charge is 0.264 e. The second-order valence-electron chi connectivity index (χ2n) is 17.3. The van der Waals surface area contributed by atoms with E-state index in [1.54, 1.807) is 13.0 Å². The number of amides is 1. The maximum Gasteiger partial charge on any atom is 0.264 e. The molecule has 0 aromatic heterocycles. The van der Waals surface area contributed by atoms with Crippen molar-refractivity contribution in [3.63, 3.8) is 0 Å². The van der Waals surface area contributed by atoms with Crippen molar-refractivity contribution in [3.05, 3.63) is 58.1 Å². The number of likely N-dealkylation sites (tertiary alicyclic amines) is 1. The Morgan fingerprint density at radius 2 is 1.74 bits per heavy atom. The first-order valence-corrected chi connectivity index (χ1v) is 21.8. The molecule has 6 atom stereocenters. The molecule has 0 unspecified atom stereocenters. The number of carbonyl (C=O) groups excluding carboxylic acids is 1. The molecule has 1 N–H and O–H groups in total. The molecule has 290 valence electrons. The minimum atomic E-state index is -3.91. The average Bonchev–Trinajstić information content (AvgIpc) is 3.24. The van der Waals surface area contributed by atoms with E-state index in [0.29, 0.717) is 43.3 Å². The molecule has 0 radical (unpaired) electrons. The van der Waals surface area contributed by atoms with Gasteiger partial charge in [0, 0.05) is 54.1 Å². The molecule has 2 bridgehead atoms. The van der Waals surface area contributed by atoms with Gasteiger partial charge in [-0.05, 0) is 125 Å². The molecule has 2 aliphatic carbocycles. The zero-order valence-electron chi connectivity index (χ0n) is 31.8. The molecule has 1 amide bonds. The molecule has 2 saturated heterocycles. The first-order valence-electron chi connectivity index (χ1n) is 19.9. The number of ether oxygens (including phenoxy) is 3. The molecule has 4 aliphatic heterocycles.